The number of nitrogens with one attached hydrogen (secondary N) is 1. The van der Waals surface area contributed by atoms with E-state index in [1.807, 2.05) is 30.3 Å². The molecule has 2 aromatic carbocycles. The minimum Gasteiger partial charge on any atom is -0.369 e. The van der Waals surface area contributed by atoms with Gasteiger partial charge < -0.3 is 10.2 Å². The molecule has 0 spiro atoms. The maximum absolute atomic E-state index is 13.9. The summed E-state index contributed by atoms with van der Waals surface area (Å²) in [5, 5.41) is 3.21. The molecule has 0 aromatic heterocycles. The van der Waals surface area contributed by atoms with Crippen LogP contribution < -0.4 is 10.2 Å². The molecule has 2 aromatic rings. The Morgan fingerprint density at radius 2 is 1.68 bits per heavy atom. The Labute approximate surface area is 147 Å². The molecule has 4 rings (SSSR count). The van der Waals surface area contributed by atoms with Crippen LogP contribution in [0.1, 0.15) is 30.7 Å². The van der Waals surface area contributed by atoms with E-state index < -0.39 is 0 Å². The fraction of sp³-hybridized carbons (Fsp3) is 0.381. The van der Waals surface area contributed by atoms with E-state index in [0.29, 0.717) is 11.6 Å². The van der Waals surface area contributed by atoms with E-state index in [2.05, 4.69) is 22.3 Å². The summed E-state index contributed by atoms with van der Waals surface area (Å²) in [5.74, 6) is 0.499. The van der Waals surface area contributed by atoms with E-state index in [1.165, 1.54) is 11.6 Å². The third kappa shape index (κ3) is 3.53. The number of para-hydroxylation sites is 1. The first-order valence-corrected chi connectivity index (χ1v) is 9.07. The predicted octanol–water partition coefficient (Wildman–Crippen LogP) is 3.71. The van der Waals surface area contributed by atoms with Gasteiger partial charge in [-0.3, -0.25) is 4.79 Å². The fourth-order valence-electron chi connectivity index (χ4n) is 3.83. The SMILES string of the molecule is O=C(NC1CCN(c2ccccc2F)CC1)[C@@H]1C[C@H]1c1ccccc1. The van der Waals surface area contributed by atoms with E-state index >= 15 is 0 Å². The summed E-state index contributed by atoms with van der Waals surface area (Å²) in [6.07, 6.45) is 2.68. The Morgan fingerprint density at radius 1 is 1.00 bits per heavy atom. The largest absolute Gasteiger partial charge is 0.369 e. The molecule has 2 fully saturated rings. The second-order valence-corrected chi connectivity index (χ2v) is 7.08. The molecule has 3 nitrogen and oxygen atoms in total. The van der Waals surface area contributed by atoms with Gasteiger partial charge in [0.1, 0.15) is 5.82 Å². The molecule has 1 saturated heterocycles. The number of hydrogen-bond acceptors (Lipinski definition) is 2. The van der Waals surface area contributed by atoms with Crippen LogP contribution in [0.15, 0.2) is 54.6 Å². The quantitative estimate of drug-likeness (QED) is 0.922. The second-order valence-electron chi connectivity index (χ2n) is 7.08. The predicted molar refractivity (Wildman–Crippen MR) is 97.1 cm³/mol. The maximum atomic E-state index is 13.9. The summed E-state index contributed by atoms with van der Waals surface area (Å²) >= 11 is 0. The number of piperidine rings is 1. The topological polar surface area (TPSA) is 32.3 Å². The first kappa shape index (κ1) is 16.1. The number of rotatable bonds is 4. The highest BCUT2D eigenvalue weighted by Crippen LogP contribution is 2.47. The van der Waals surface area contributed by atoms with Gasteiger partial charge in [-0.2, -0.15) is 0 Å². The van der Waals surface area contributed by atoms with Gasteiger partial charge in [-0.15, -0.1) is 0 Å². The Morgan fingerprint density at radius 3 is 2.40 bits per heavy atom. The van der Waals surface area contributed by atoms with Crippen LogP contribution in [0.25, 0.3) is 0 Å². The zero-order valence-electron chi connectivity index (χ0n) is 14.2. The van der Waals surface area contributed by atoms with E-state index in [1.54, 1.807) is 6.07 Å². The monoisotopic (exact) mass is 338 g/mol. The normalized spacial score (nSPS) is 23.3. The summed E-state index contributed by atoms with van der Waals surface area (Å²) in [5.41, 5.74) is 1.93. The standard InChI is InChI=1S/C21H23FN2O/c22-19-8-4-5-9-20(19)24-12-10-16(11-13-24)23-21(25)18-14-17(18)15-6-2-1-3-7-15/h1-9,16-18H,10-14H2,(H,23,25)/t17-,18+/m0/s1. The molecule has 1 heterocycles. The molecular formula is C21H23FN2O. The van der Waals surface area contributed by atoms with Gasteiger partial charge in [0.25, 0.3) is 0 Å². The molecule has 0 radical (unpaired) electrons. The van der Waals surface area contributed by atoms with Gasteiger partial charge in [0.2, 0.25) is 5.91 Å². The van der Waals surface area contributed by atoms with Crippen LogP contribution in [0.2, 0.25) is 0 Å². The van der Waals surface area contributed by atoms with Gasteiger partial charge >= 0.3 is 0 Å². The Kier molecular flexibility index (Phi) is 4.43. The minimum absolute atomic E-state index is 0.118. The fourth-order valence-corrected chi connectivity index (χ4v) is 3.83. The zero-order chi connectivity index (χ0) is 17.2. The lowest BCUT2D eigenvalue weighted by molar-refractivity contribution is -0.123. The van der Waals surface area contributed by atoms with Crippen LogP contribution >= 0.6 is 0 Å². The highest BCUT2D eigenvalue weighted by molar-refractivity contribution is 5.83. The van der Waals surface area contributed by atoms with Crippen molar-refractivity contribution in [1.29, 1.82) is 0 Å². The van der Waals surface area contributed by atoms with Crippen LogP contribution in [0.5, 0.6) is 0 Å². The van der Waals surface area contributed by atoms with Crippen LogP contribution in [0, 0.1) is 11.7 Å². The molecule has 1 aliphatic carbocycles. The summed E-state index contributed by atoms with van der Waals surface area (Å²) in [6.45, 7) is 1.55. The van der Waals surface area contributed by atoms with Crippen molar-refractivity contribution in [3.63, 3.8) is 0 Å². The molecule has 2 aliphatic rings. The Hall–Kier alpha value is -2.36. The van der Waals surface area contributed by atoms with Crippen molar-refractivity contribution in [2.75, 3.05) is 18.0 Å². The van der Waals surface area contributed by atoms with Gasteiger partial charge in [0.05, 0.1) is 5.69 Å². The maximum Gasteiger partial charge on any atom is 0.223 e. The molecular weight excluding hydrogens is 315 g/mol. The average Bonchev–Trinajstić information content (AvgIpc) is 3.45. The lowest BCUT2D eigenvalue weighted by Crippen LogP contribution is -2.45. The van der Waals surface area contributed by atoms with Gasteiger partial charge in [0.15, 0.2) is 0 Å². The number of nitrogens with zero attached hydrogens (tertiary/aromatic N) is 1. The second kappa shape index (κ2) is 6.87. The number of carbonyl (C=O) groups is 1. The molecule has 0 unspecified atom stereocenters. The number of benzene rings is 2. The summed E-state index contributed by atoms with van der Waals surface area (Å²) < 4.78 is 13.9. The van der Waals surface area contributed by atoms with E-state index in [-0.39, 0.29) is 23.7 Å². The van der Waals surface area contributed by atoms with Crippen molar-refractivity contribution in [3.05, 3.63) is 66.0 Å². The molecule has 1 N–H and O–H groups in total. The van der Waals surface area contributed by atoms with Crippen molar-refractivity contribution >= 4 is 11.6 Å². The molecule has 130 valence electrons. The molecule has 4 heteroatoms. The number of carbonyl (C=O) groups excluding carboxylic acids is 1. The minimum atomic E-state index is -0.173. The number of amides is 1. The van der Waals surface area contributed by atoms with E-state index in [4.69, 9.17) is 0 Å². The molecule has 25 heavy (non-hydrogen) atoms. The highest BCUT2D eigenvalue weighted by Gasteiger charge is 2.44. The molecule has 2 atom stereocenters. The van der Waals surface area contributed by atoms with Crippen molar-refractivity contribution in [3.8, 4) is 0 Å². The number of hydrogen-bond donors (Lipinski definition) is 1. The number of halogens is 1. The van der Waals surface area contributed by atoms with Crippen LogP contribution in [-0.2, 0) is 4.79 Å². The van der Waals surface area contributed by atoms with Gasteiger partial charge in [-0.25, -0.2) is 4.39 Å². The zero-order valence-corrected chi connectivity index (χ0v) is 14.2. The van der Waals surface area contributed by atoms with Crippen molar-refractivity contribution < 1.29 is 9.18 Å². The van der Waals surface area contributed by atoms with Gasteiger partial charge in [-0.05, 0) is 42.9 Å². The first-order chi connectivity index (χ1) is 12.2. The average molecular weight is 338 g/mol. The van der Waals surface area contributed by atoms with Crippen molar-refractivity contribution in [2.24, 2.45) is 5.92 Å². The number of anilines is 1. The van der Waals surface area contributed by atoms with E-state index in [9.17, 15) is 9.18 Å². The first-order valence-electron chi connectivity index (χ1n) is 9.07. The molecule has 1 aliphatic heterocycles. The summed E-state index contributed by atoms with van der Waals surface area (Å²) in [4.78, 5) is 14.5. The lowest BCUT2D eigenvalue weighted by Gasteiger charge is -2.34. The smallest absolute Gasteiger partial charge is 0.223 e. The Balaban J connectivity index is 1.28. The van der Waals surface area contributed by atoms with Crippen LogP contribution in [0.3, 0.4) is 0 Å². The Bertz CT molecular complexity index is 741. The third-order valence-electron chi connectivity index (χ3n) is 5.39. The summed E-state index contributed by atoms with van der Waals surface area (Å²) in [7, 11) is 0. The van der Waals surface area contributed by atoms with Crippen LogP contribution in [-0.4, -0.2) is 25.0 Å². The molecule has 1 amide bonds. The van der Waals surface area contributed by atoms with Gasteiger partial charge in [-0.1, -0.05) is 42.5 Å². The van der Waals surface area contributed by atoms with Crippen molar-refractivity contribution in [1.82, 2.24) is 5.32 Å². The van der Waals surface area contributed by atoms with E-state index in [0.717, 1.165) is 32.4 Å². The summed E-state index contributed by atoms with van der Waals surface area (Å²) in [6, 6.07) is 17.4. The highest BCUT2D eigenvalue weighted by atomic mass is 19.1. The van der Waals surface area contributed by atoms with Gasteiger partial charge in [0, 0.05) is 25.0 Å². The van der Waals surface area contributed by atoms with Crippen LogP contribution in [0.4, 0.5) is 10.1 Å². The van der Waals surface area contributed by atoms with Crippen molar-refractivity contribution in [2.45, 2.75) is 31.2 Å². The third-order valence-corrected chi connectivity index (χ3v) is 5.39. The lowest BCUT2D eigenvalue weighted by atomic mass is 10.0. The molecule has 1 saturated carbocycles. The molecule has 0 bridgehead atoms.